The summed E-state index contributed by atoms with van der Waals surface area (Å²) >= 11 is 0. The number of aliphatic hydroxyl groups is 1. The Kier molecular flexibility index (Phi) is 3.14. The first kappa shape index (κ1) is 13.2. The zero-order chi connectivity index (χ0) is 15.0. The molecule has 0 aromatic heterocycles. The van der Waals surface area contributed by atoms with Gasteiger partial charge in [0.05, 0.1) is 17.0 Å². The molecule has 3 nitrogen and oxygen atoms in total. The predicted octanol–water partition coefficient (Wildman–Crippen LogP) is 4.08. The molecule has 3 rings (SSSR count). The Hall–Kier alpha value is -2.75. The molecule has 104 valence electrons. The van der Waals surface area contributed by atoms with Crippen molar-refractivity contribution in [2.24, 2.45) is 4.99 Å². The van der Waals surface area contributed by atoms with Gasteiger partial charge in [0.1, 0.15) is 11.6 Å². The van der Waals surface area contributed by atoms with Gasteiger partial charge in [-0.25, -0.2) is 4.39 Å². The van der Waals surface area contributed by atoms with Gasteiger partial charge in [-0.3, -0.25) is 9.79 Å². The number of Topliss-reactive ketones (excluding diaryl/α,β-unsaturated/α-hetero) is 1. The fourth-order valence-corrected chi connectivity index (χ4v) is 2.40. The van der Waals surface area contributed by atoms with Gasteiger partial charge in [0.25, 0.3) is 0 Å². The van der Waals surface area contributed by atoms with Crippen LogP contribution in [0.5, 0.6) is 0 Å². The standard InChI is InChI=1S/C17H12FNO2/c1-10(19-12-6-4-5-11(18)9-12)15-16(20)13-7-2-3-8-14(13)17(15)21/h2-9,20H,1H3. The highest BCUT2D eigenvalue weighted by molar-refractivity contribution is 6.35. The molecule has 2 aromatic carbocycles. The summed E-state index contributed by atoms with van der Waals surface area (Å²) < 4.78 is 13.2. The summed E-state index contributed by atoms with van der Waals surface area (Å²) in [5, 5.41) is 10.2. The molecule has 0 saturated heterocycles. The third-order valence-corrected chi connectivity index (χ3v) is 3.36. The Labute approximate surface area is 121 Å². The highest BCUT2D eigenvalue weighted by Crippen LogP contribution is 2.32. The van der Waals surface area contributed by atoms with Crippen LogP contribution in [-0.4, -0.2) is 16.6 Å². The Balaban J connectivity index is 2.05. The highest BCUT2D eigenvalue weighted by atomic mass is 19.1. The first-order chi connectivity index (χ1) is 10.1. The third-order valence-electron chi connectivity index (χ3n) is 3.36. The predicted molar refractivity (Wildman–Crippen MR) is 79.5 cm³/mol. The molecular formula is C17H12FNO2. The van der Waals surface area contributed by atoms with E-state index in [1.807, 2.05) is 0 Å². The fraction of sp³-hybridized carbons (Fsp3) is 0.0588. The number of benzene rings is 2. The molecule has 0 heterocycles. The number of aliphatic imine (C=N–C) groups is 1. The van der Waals surface area contributed by atoms with Gasteiger partial charge in [0.15, 0.2) is 5.78 Å². The van der Waals surface area contributed by atoms with E-state index < -0.39 is 5.82 Å². The fourth-order valence-electron chi connectivity index (χ4n) is 2.40. The maximum absolute atomic E-state index is 13.2. The minimum Gasteiger partial charge on any atom is -0.506 e. The van der Waals surface area contributed by atoms with Crippen molar-refractivity contribution in [1.82, 2.24) is 0 Å². The van der Waals surface area contributed by atoms with Crippen molar-refractivity contribution in [3.05, 3.63) is 71.0 Å². The number of ketones is 1. The SMILES string of the molecule is CC(=Nc1cccc(F)c1)C1=C(O)c2ccccc2C1=O. The number of rotatable bonds is 2. The van der Waals surface area contributed by atoms with Crippen LogP contribution in [-0.2, 0) is 0 Å². The van der Waals surface area contributed by atoms with Gasteiger partial charge >= 0.3 is 0 Å². The first-order valence-corrected chi connectivity index (χ1v) is 6.46. The van der Waals surface area contributed by atoms with Crippen molar-refractivity contribution < 1.29 is 14.3 Å². The zero-order valence-corrected chi connectivity index (χ0v) is 11.3. The lowest BCUT2D eigenvalue weighted by Gasteiger charge is -2.02. The molecule has 4 heteroatoms. The summed E-state index contributed by atoms with van der Waals surface area (Å²) in [6.07, 6.45) is 0. The van der Waals surface area contributed by atoms with E-state index in [0.717, 1.165) is 0 Å². The molecule has 0 aliphatic heterocycles. The van der Waals surface area contributed by atoms with E-state index in [-0.39, 0.29) is 17.1 Å². The van der Waals surface area contributed by atoms with Crippen molar-refractivity contribution in [1.29, 1.82) is 0 Å². The Morgan fingerprint density at radius 3 is 2.48 bits per heavy atom. The zero-order valence-electron chi connectivity index (χ0n) is 11.3. The van der Waals surface area contributed by atoms with Crippen LogP contribution >= 0.6 is 0 Å². The molecular weight excluding hydrogens is 269 g/mol. The second-order valence-corrected chi connectivity index (χ2v) is 4.78. The van der Waals surface area contributed by atoms with E-state index in [4.69, 9.17) is 0 Å². The monoisotopic (exact) mass is 281 g/mol. The summed E-state index contributed by atoms with van der Waals surface area (Å²) in [5.74, 6) is -0.739. The molecule has 1 aliphatic carbocycles. The first-order valence-electron chi connectivity index (χ1n) is 6.46. The van der Waals surface area contributed by atoms with Crippen LogP contribution in [0.3, 0.4) is 0 Å². The number of hydrogen-bond donors (Lipinski definition) is 1. The lowest BCUT2D eigenvalue weighted by molar-refractivity contribution is 0.104. The third kappa shape index (κ3) is 2.25. The molecule has 21 heavy (non-hydrogen) atoms. The van der Waals surface area contributed by atoms with Crippen LogP contribution < -0.4 is 0 Å². The maximum atomic E-state index is 13.2. The van der Waals surface area contributed by atoms with E-state index in [9.17, 15) is 14.3 Å². The number of halogens is 1. The van der Waals surface area contributed by atoms with E-state index in [1.54, 1.807) is 43.3 Å². The van der Waals surface area contributed by atoms with E-state index in [0.29, 0.717) is 22.5 Å². The largest absolute Gasteiger partial charge is 0.506 e. The lowest BCUT2D eigenvalue weighted by atomic mass is 10.1. The minimum absolute atomic E-state index is 0.0757. The smallest absolute Gasteiger partial charge is 0.199 e. The number of fused-ring (bicyclic) bond motifs is 1. The molecule has 0 bridgehead atoms. The van der Waals surface area contributed by atoms with Gasteiger partial charge in [-0.1, -0.05) is 30.3 Å². The normalized spacial score (nSPS) is 14.6. The molecule has 0 saturated carbocycles. The number of aliphatic hydroxyl groups excluding tert-OH is 1. The van der Waals surface area contributed by atoms with E-state index in [1.165, 1.54) is 12.1 Å². The van der Waals surface area contributed by atoms with Crippen molar-refractivity contribution in [3.63, 3.8) is 0 Å². The highest BCUT2D eigenvalue weighted by Gasteiger charge is 2.30. The molecule has 0 radical (unpaired) electrons. The molecule has 0 spiro atoms. The second-order valence-electron chi connectivity index (χ2n) is 4.78. The van der Waals surface area contributed by atoms with Gasteiger partial charge in [-0.15, -0.1) is 0 Å². The average Bonchev–Trinajstić information content (AvgIpc) is 2.71. The van der Waals surface area contributed by atoms with Crippen LogP contribution in [0.4, 0.5) is 10.1 Å². The molecule has 0 unspecified atom stereocenters. The topological polar surface area (TPSA) is 49.7 Å². The minimum atomic E-state index is -0.400. The lowest BCUT2D eigenvalue weighted by Crippen LogP contribution is -2.07. The van der Waals surface area contributed by atoms with Crippen molar-refractivity contribution in [2.45, 2.75) is 6.92 Å². The number of allylic oxidation sites excluding steroid dienone is 1. The van der Waals surface area contributed by atoms with Crippen molar-refractivity contribution >= 4 is 22.9 Å². The van der Waals surface area contributed by atoms with Gasteiger partial charge in [-0.05, 0) is 25.1 Å². The van der Waals surface area contributed by atoms with Gasteiger partial charge in [0.2, 0.25) is 0 Å². The summed E-state index contributed by atoms with van der Waals surface area (Å²) in [4.78, 5) is 16.6. The molecule has 0 amide bonds. The van der Waals surface area contributed by atoms with E-state index in [2.05, 4.69) is 4.99 Å². The van der Waals surface area contributed by atoms with Crippen LogP contribution in [0.25, 0.3) is 5.76 Å². The van der Waals surface area contributed by atoms with Gasteiger partial charge in [0, 0.05) is 11.1 Å². The van der Waals surface area contributed by atoms with E-state index >= 15 is 0 Å². The summed E-state index contributed by atoms with van der Waals surface area (Å²) in [6, 6.07) is 12.6. The Morgan fingerprint density at radius 2 is 1.81 bits per heavy atom. The number of nitrogens with zero attached hydrogens (tertiary/aromatic N) is 1. The molecule has 2 aromatic rings. The average molecular weight is 281 g/mol. The van der Waals surface area contributed by atoms with Crippen LogP contribution in [0.1, 0.15) is 22.8 Å². The molecule has 1 aliphatic rings. The quantitative estimate of drug-likeness (QED) is 0.843. The van der Waals surface area contributed by atoms with Crippen LogP contribution in [0.15, 0.2) is 59.1 Å². The number of carbonyl (C=O) groups excluding carboxylic acids is 1. The maximum Gasteiger partial charge on any atom is 0.199 e. The molecule has 0 atom stereocenters. The number of carbonyl (C=O) groups is 1. The van der Waals surface area contributed by atoms with Crippen LogP contribution in [0.2, 0.25) is 0 Å². The Morgan fingerprint density at radius 1 is 1.10 bits per heavy atom. The van der Waals surface area contributed by atoms with Gasteiger partial charge < -0.3 is 5.11 Å². The molecule has 0 fully saturated rings. The molecule has 1 N–H and O–H groups in total. The summed E-state index contributed by atoms with van der Waals surface area (Å²) in [7, 11) is 0. The van der Waals surface area contributed by atoms with Crippen molar-refractivity contribution in [3.8, 4) is 0 Å². The van der Waals surface area contributed by atoms with Crippen molar-refractivity contribution in [2.75, 3.05) is 0 Å². The Bertz CT molecular complexity index is 806. The summed E-state index contributed by atoms with van der Waals surface area (Å²) in [6.45, 7) is 1.63. The number of hydrogen-bond acceptors (Lipinski definition) is 3. The van der Waals surface area contributed by atoms with Crippen LogP contribution in [0, 0.1) is 5.82 Å². The van der Waals surface area contributed by atoms with Gasteiger partial charge in [-0.2, -0.15) is 0 Å². The summed E-state index contributed by atoms with van der Waals surface area (Å²) in [5.41, 5.74) is 1.89. The second kappa shape index (κ2) is 4.98.